The molecular weight excluding hydrogens is 363 g/mol. The van der Waals surface area contributed by atoms with E-state index in [0.717, 1.165) is 5.69 Å². The van der Waals surface area contributed by atoms with Gasteiger partial charge in [0.25, 0.3) is 0 Å². The molecule has 1 aromatic heterocycles. The molecule has 18 heavy (non-hydrogen) atoms. The Morgan fingerprint density at radius 2 is 2.00 bits per heavy atom. The van der Waals surface area contributed by atoms with E-state index < -0.39 is 0 Å². The highest BCUT2D eigenvalue weighted by molar-refractivity contribution is 14.1. The molecule has 0 saturated carbocycles. The van der Waals surface area contributed by atoms with Gasteiger partial charge in [0.05, 0.1) is 11.4 Å². The zero-order valence-electron chi connectivity index (χ0n) is 9.96. The molecule has 0 radical (unpaired) electrons. The van der Waals surface area contributed by atoms with Gasteiger partial charge in [0.2, 0.25) is 5.28 Å². The first-order chi connectivity index (χ1) is 8.47. The van der Waals surface area contributed by atoms with E-state index >= 15 is 0 Å². The monoisotopic (exact) mass is 374 g/mol. The minimum atomic E-state index is 0.186. The minimum Gasteiger partial charge on any atom is -0.394 e. The molecule has 0 saturated heterocycles. The smallest absolute Gasteiger partial charge is 0.224 e. The second kappa shape index (κ2) is 5.27. The Morgan fingerprint density at radius 1 is 1.28 bits per heavy atom. The summed E-state index contributed by atoms with van der Waals surface area (Å²) in [5.74, 6) is 0.534. The number of nitrogens with one attached hydrogen (secondary N) is 1. The van der Waals surface area contributed by atoms with Crippen LogP contribution in [-0.4, -0.2) is 9.97 Å². The number of aryl methyl sites for hydroxylation is 2. The van der Waals surface area contributed by atoms with Gasteiger partial charge in [-0.3, -0.25) is 0 Å². The third-order valence-corrected chi connectivity index (χ3v) is 3.87. The van der Waals surface area contributed by atoms with Crippen molar-refractivity contribution in [2.24, 2.45) is 0 Å². The lowest BCUT2D eigenvalue weighted by atomic mass is 10.2. The van der Waals surface area contributed by atoms with Crippen LogP contribution in [0.15, 0.2) is 18.2 Å². The second-order valence-corrected chi connectivity index (χ2v) is 5.43. The van der Waals surface area contributed by atoms with E-state index in [1.165, 1.54) is 9.13 Å². The maximum absolute atomic E-state index is 5.92. The number of aromatic nitrogens is 2. The van der Waals surface area contributed by atoms with Gasteiger partial charge >= 0.3 is 0 Å². The molecular formula is C12H12ClIN4. The Bertz CT molecular complexity index is 601. The van der Waals surface area contributed by atoms with Crippen molar-refractivity contribution in [2.45, 2.75) is 13.8 Å². The number of rotatable bonds is 2. The molecule has 0 aliphatic rings. The first-order valence-corrected chi connectivity index (χ1v) is 6.76. The number of nitrogens with zero attached hydrogens (tertiary/aromatic N) is 2. The van der Waals surface area contributed by atoms with Crippen molar-refractivity contribution < 1.29 is 0 Å². The van der Waals surface area contributed by atoms with E-state index in [1.54, 1.807) is 6.92 Å². The Kier molecular flexibility index (Phi) is 3.91. The van der Waals surface area contributed by atoms with Gasteiger partial charge in [-0.2, -0.15) is 4.98 Å². The maximum atomic E-state index is 5.92. The fourth-order valence-electron chi connectivity index (χ4n) is 1.45. The summed E-state index contributed by atoms with van der Waals surface area (Å²) < 4.78 is 1.17. The number of benzene rings is 1. The SMILES string of the molecule is Cc1ccc(Nc2nc(Cl)nc(C)c2N)cc1I. The topological polar surface area (TPSA) is 63.8 Å². The zero-order chi connectivity index (χ0) is 13.3. The van der Waals surface area contributed by atoms with Crippen molar-refractivity contribution in [3.8, 4) is 0 Å². The molecule has 0 spiro atoms. The van der Waals surface area contributed by atoms with Crippen LogP contribution in [-0.2, 0) is 0 Å². The van der Waals surface area contributed by atoms with Crippen LogP contribution in [0.5, 0.6) is 0 Å². The van der Waals surface area contributed by atoms with Crippen LogP contribution in [0.1, 0.15) is 11.3 Å². The van der Waals surface area contributed by atoms with Crippen molar-refractivity contribution in [2.75, 3.05) is 11.1 Å². The predicted molar refractivity (Wildman–Crippen MR) is 83.4 cm³/mol. The van der Waals surface area contributed by atoms with Gasteiger partial charge in [0.1, 0.15) is 0 Å². The number of halogens is 2. The number of anilines is 3. The first kappa shape index (κ1) is 13.4. The lowest BCUT2D eigenvalue weighted by molar-refractivity contribution is 1.11. The molecule has 2 rings (SSSR count). The first-order valence-electron chi connectivity index (χ1n) is 5.30. The summed E-state index contributed by atoms with van der Waals surface area (Å²) in [5, 5.41) is 3.34. The number of hydrogen-bond donors (Lipinski definition) is 2. The molecule has 2 aromatic rings. The van der Waals surface area contributed by atoms with Crippen LogP contribution in [0.2, 0.25) is 5.28 Å². The van der Waals surface area contributed by atoms with Crippen LogP contribution in [0.25, 0.3) is 0 Å². The van der Waals surface area contributed by atoms with Gasteiger partial charge in [-0.25, -0.2) is 4.98 Å². The van der Waals surface area contributed by atoms with Crippen LogP contribution in [0.4, 0.5) is 17.2 Å². The Morgan fingerprint density at radius 3 is 2.67 bits per heavy atom. The largest absolute Gasteiger partial charge is 0.394 e. The van der Waals surface area contributed by atoms with E-state index in [4.69, 9.17) is 17.3 Å². The third-order valence-electron chi connectivity index (χ3n) is 2.54. The Hall–Kier alpha value is -1.08. The highest BCUT2D eigenvalue weighted by atomic mass is 127. The molecule has 0 aliphatic heterocycles. The fraction of sp³-hybridized carbons (Fsp3) is 0.167. The summed E-state index contributed by atoms with van der Waals surface area (Å²) in [6.45, 7) is 3.86. The molecule has 0 aliphatic carbocycles. The van der Waals surface area contributed by atoms with E-state index in [-0.39, 0.29) is 5.28 Å². The van der Waals surface area contributed by atoms with E-state index in [0.29, 0.717) is 17.2 Å². The molecule has 0 atom stereocenters. The molecule has 0 fully saturated rings. The molecule has 94 valence electrons. The normalized spacial score (nSPS) is 10.4. The zero-order valence-corrected chi connectivity index (χ0v) is 12.9. The van der Waals surface area contributed by atoms with Crippen molar-refractivity contribution in [1.82, 2.24) is 9.97 Å². The molecule has 1 heterocycles. The lowest BCUT2D eigenvalue weighted by Crippen LogP contribution is -2.04. The van der Waals surface area contributed by atoms with Gasteiger partial charge in [0, 0.05) is 9.26 Å². The summed E-state index contributed by atoms with van der Waals surface area (Å²) in [6, 6.07) is 6.04. The quantitative estimate of drug-likeness (QED) is 0.622. The summed E-state index contributed by atoms with van der Waals surface area (Å²) in [7, 11) is 0. The highest BCUT2D eigenvalue weighted by Crippen LogP contribution is 2.26. The fourth-order valence-corrected chi connectivity index (χ4v) is 2.18. The predicted octanol–water partition coefficient (Wildman–Crippen LogP) is 3.68. The second-order valence-electron chi connectivity index (χ2n) is 3.93. The summed E-state index contributed by atoms with van der Waals surface area (Å²) in [6.07, 6.45) is 0. The molecule has 0 unspecified atom stereocenters. The summed E-state index contributed by atoms with van der Waals surface area (Å²) in [5.41, 5.74) is 9.24. The Balaban J connectivity index is 2.36. The standard InChI is InChI=1S/C12H12ClIN4/c1-6-3-4-8(5-9(6)14)17-11-10(15)7(2)16-12(13)18-11/h3-5H,15H2,1-2H3,(H,16,17,18). The Labute approximate surface area is 124 Å². The van der Waals surface area contributed by atoms with Crippen LogP contribution in [0.3, 0.4) is 0 Å². The molecule has 1 aromatic carbocycles. The average molecular weight is 375 g/mol. The minimum absolute atomic E-state index is 0.186. The summed E-state index contributed by atoms with van der Waals surface area (Å²) >= 11 is 8.11. The molecule has 0 amide bonds. The highest BCUT2D eigenvalue weighted by Gasteiger charge is 2.08. The average Bonchev–Trinajstić information content (AvgIpc) is 2.30. The maximum Gasteiger partial charge on any atom is 0.224 e. The molecule has 6 heteroatoms. The van der Waals surface area contributed by atoms with Gasteiger partial charge in [-0.05, 0) is 65.7 Å². The van der Waals surface area contributed by atoms with Crippen molar-refractivity contribution in [3.05, 3.63) is 38.3 Å². The van der Waals surface area contributed by atoms with Gasteiger partial charge < -0.3 is 11.1 Å². The lowest BCUT2D eigenvalue weighted by Gasteiger charge is -2.11. The van der Waals surface area contributed by atoms with Gasteiger partial charge in [-0.1, -0.05) is 6.07 Å². The van der Waals surface area contributed by atoms with E-state index in [1.807, 2.05) is 18.2 Å². The van der Waals surface area contributed by atoms with E-state index in [9.17, 15) is 0 Å². The van der Waals surface area contributed by atoms with Crippen molar-refractivity contribution in [3.63, 3.8) is 0 Å². The van der Waals surface area contributed by atoms with Gasteiger partial charge in [0.15, 0.2) is 5.82 Å². The van der Waals surface area contributed by atoms with E-state index in [2.05, 4.69) is 44.8 Å². The number of nitrogens with two attached hydrogens (primary N) is 1. The molecule has 3 N–H and O–H groups in total. The third kappa shape index (κ3) is 2.84. The summed E-state index contributed by atoms with van der Waals surface area (Å²) in [4.78, 5) is 8.09. The van der Waals surface area contributed by atoms with Crippen molar-refractivity contribution in [1.29, 1.82) is 0 Å². The van der Waals surface area contributed by atoms with Crippen LogP contribution < -0.4 is 11.1 Å². The molecule has 0 bridgehead atoms. The number of nitrogen functional groups attached to an aromatic ring is 1. The van der Waals surface area contributed by atoms with Crippen LogP contribution in [0, 0.1) is 17.4 Å². The van der Waals surface area contributed by atoms with Crippen molar-refractivity contribution >= 4 is 51.4 Å². The van der Waals surface area contributed by atoms with Gasteiger partial charge in [-0.15, -0.1) is 0 Å². The number of hydrogen-bond acceptors (Lipinski definition) is 4. The molecule has 4 nitrogen and oxygen atoms in total. The van der Waals surface area contributed by atoms with Crippen LogP contribution >= 0.6 is 34.2 Å².